The van der Waals surface area contributed by atoms with Crippen molar-refractivity contribution in [2.24, 2.45) is 0 Å². The number of carboxylic acid groups (broad SMARTS) is 1. The van der Waals surface area contributed by atoms with Gasteiger partial charge in [0, 0.05) is 11.6 Å². The van der Waals surface area contributed by atoms with Gasteiger partial charge in [-0.05, 0) is 30.2 Å². The average Bonchev–Trinajstić information content (AvgIpc) is 2.22. The van der Waals surface area contributed by atoms with Gasteiger partial charge < -0.3 is 10.4 Å². The lowest BCUT2D eigenvalue weighted by Crippen LogP contribution is -2.36. The highest BCUT2D eigenvalue weighted by Gasteiger charge is 2.15. The molecule has 94 valence electrons. The maximum absolute atomic E-state index is 13.0. The molecule has 0 aliphatic carbocycles. The van der Waals surface area contributed by atoms with Crippen LogP contribution >= 0.6 is 11.6 Å². The Morgan fingerprint density at radius 1 is 1.53 bits per heavy atom. The molecule has 0 saturated heterocycles. The van der Waals surface area contributed by atoms with Gasteiger partial charge in [-0.15, -0.1) is 0 Å². The zero-order valence-electron chi connectivity index (χ0n) is 9.54. The topological polar surface area (TPSA) is 49.3 Å². The van der Waals surface area contributed by atoms with Crippen LogP contribution in [0.25, 0.3) is 0 Å². The standard InChI is InChI=1S/C12H15ClFNO2/c1-2-3-11(12(16)17)15-7-8-4-9(13)6-10(14)5-8/h4-6,11,15H,2-3,7H2,1H3,(H,16,17). The SMILES string of the molecule is CCCC(NCc1cc(F)cc(Cl)c1)C(=O)O. The molecule has 1 aromatic rings. The molecule has 0 amide bonds. The Labute approximate surface area is 105 Å². The number of rotatable bonds is 6. The first-order chi connectivity index (χ1) is 8.02. The van der Waals surface area contributed by atoms with Crippen LogP contribution in [0.3, 0.4) is 0 Å². The van der Waals surface area contributed by atoms with Gasteiger partial charge in [0.25, 0.3) is 0 Å². The van der Waals surface area contributed by atoms with Crippen molar-refractivity contribution in [3.63, 3.8) is 0 Å². The first-order valence-corrected chi connectivity index (χ1v) is 5.82. The van der Waals surface area contributed by atoms with Gasteiger partial charge >= 0.3 is 5.97 Å². The van der Waals surface area contributed by atoms with E-state index < -0.39 is 17.8 Å². The fourth-order valence-corrected chi connectivity index (χ4v) is 1.80. The van der Waals surface area contributed by atoms with Crippen molar-refractivity contribution in [2.45, 2.75) is 32.4 Å². The van der Waals surface area contributed by atoms with Gasteiger partial charge in [0.15, 0.2) is 0 Å². The second kappa shape index (κ2) is 6.57. The van der Waals surface area contributed by atoms with Gasteiger partial charge in [-0.2, -0.15) is 0 Å². The van der Waals surface area contributed by atoms with E-state index in [-0.39, 0.29) is 6.54 Å². The fraction of sp³-hybridized carbons (Fsp3) is 0.417. The lowest BCUT2D eigenvalue weighted by Gasteiger charge is -2.13. The second-order valence-electron chi connectivity index (χ2n) is 3.84. The zero-order chi connectivity index (χ0) is 12.8. The summed E-state index contributed by atoms with van der Waals surface area (Å²) in [7, 11) is 0. The third-order valence-corrected chi connectivity index (χ3v) is 2.57. The van der Waals surface area contributed by atoms with Crippen LogP contribution in [-0.2, 0) is 11.3 Å². The van der Waals surface area contributed by atoms with E-state index in [0.29, 0.717) is 17.0 Å². The summed E-state index contributed by atoms with van der Waals surface area (Å²) >= 11 is 5.71. The number of halogens is 2. The molecule has 1 rings (SSSR count). The Bertz CT molecular complexity index is 378. The highest BCUT2D eigenvalue weighted by Crippen LogP contribution is 2.14. The normalized spacial score (nSPS) is 12.4. The molecule has 0 bridgehead atoms. The summed E-state index contributed by atoms with van der Waals surface area (Å²) in [6.07, 6.45) is 1.31. The summed E-state index contributed by atoms with van der Waals surface area (Å²) in [4.78, 5) is 10.9. The Morgan fingerprint density at radius 3 is 2.76 bits per heavy atom. The molecule has 0 aromatic heterocycles. The van der Waals surface area contributed by atoms with E-state index in [1.54, 1.807) is 6.07 Å². The van der Waals surface area contributed by atoms with Gasteiger partial charge in [-0.25, -0.2) is 4.39 Å². The van der Waals surface area contributed by atoms with Crippen molar-refractivity contribution >= 4 is 17.6 Å². The van der Waals surface area contributed by atoms with Crippen LogP contribution in [0.2, 0.25) is 5.02 Å². The fourth-order valence-electron chi connectivity index (χ4n) is 1.56. The average molecular weight is 260 g/mol. The number of hydrogen-bond acceptors (Lipinski definition) is 2. The van der Waals surface area contributed by atoms with Crippen molar-refractivity contribution in [3.8, 4) is 0 Å². The molecule has 1 atom stereocenters. The van der Waals surface area contributed by atoms with Crippen molar-refractivity contribution in [3.05, 3.63) is 34.6 Å². The molecular formula is C12H15ClFNO2. The van der Waals surface area contributed by atoms with Crippen LogP contribution < -0.4 is 5.32 Å². The van der Waals surface area contributed by atoms with E-state index in [4.69, 9.17) is 16.7 Å². The van der Waals surface area contributed by atoms with Crippen LogP contribution in [0.5, 0.6) is 0 Å². The van der Waals surface area contributed by atoms with E-state index in [9.17, 15) is 9.18 Å². The molecule has 0 radical (unpaired) electrons. The minimum absolute atomic E-state index is 0.286. The van der Waals surface area contributed by atoms with E-state index in [1.165, 1.54) is 12.1 Å². The summed E-state index contributed by atoms with van der Waals surface area (Å²) in [6, 6.07) is 3.56. The summed E-state index contributed by atoms with van der Waals surface area (Å²) < 4.78 is 13.0. The molecule has 1 aromatic carbocycles. The van der Waals surface area contributed by atoms with Crippen LogP contribution in [-0.4, -0.2) is 17.1 Å². The zero-order valence-corrected chi connectivity index (χ0v) is 10.3. The predicted molar refractivity (Wildman–Crippen MR) is 64.6 cm³/mol. The largest absolute Gasteiger partial charge is 0.480 e. The summed E-state index contributed by atoms with van der Waals surface area (Å²) in [6.45, 7) is 2.20. The molecule has 0 heterocycles. The highest BCUT2D eigenvalue weighted by atomic mass is 35.5. The van der Waals surface area contributed by atoms with Crippen LogP contribution in [0, 0.1) is 5.82 Å². The molecule has 0 spiro atoms. The molecule has 0 aliphatic rings. The summed E-state index contributed by atoms with van der Waals surface area (Å²) in [5.41, 5.74) is 0.636. The first kappa shape index (κ1) is 13.9. The van der Waals surface area contributed by atoms with E-state index in [0.717, 1.165) is 6.42 Å². The van der Waals surface area contributed by atoms with Gasteiger partial charge in [0.2, 0.25) is 0 Å². The van der Waals surface area contributed by atoms with Crippen molar-refractivity contribution < 1.29 is 14.3 Å². The van der Waals surface area contributed by atoms with Crippen molar-refractivity contribution in [1.82, 2.24) is 5.32 Å². The predicted octanol–water partition coefficient (Wildman–Crippen LogP) is 2.82. The van der Waals surface area contributed by atoms with Gasteiger partial charge in [-0.3, -0.25) is 4.79 Å². The monoisotopic (exact) mass is 259 g/mol. The smallest absolute Gasteiger partial charge is 0.320 e. The second-order valence-corrected chi connectivity index (χ2v) is 4.27. The quantitative estimate of drug-likeness (QED) is 0.826. The Balaban J connectivity index is 2.61. The lowest BCUT2D eigenvalue weighted by molar-refractivity contribution is -0.139. The maximum atomic E-state index is 13.0. The van der Waals surface area contributed by atoms with Crippen LogP contribution in [0.1, 0.15) is 25.3 Å². The highest BCUT2D eigenvalue weighted by molar-refractivity contribution is 6.30. The Hall–Kier alpha value is -1.13. The van der Waals surface area contributed by atoms with Gasteiger partial charge in [0.05, 0.1) is 0 Å². The van der Waals surface area contributed by atoms with Crippen LogP contribution in [0.15, 0.2) is 18.2 Å². The molecule has 0 saturated carbocycles. The molecule has 5 heteroatoms. The minimum Gasteiger partial charge on any atom is -0.480 e. The Kier molecular flexibility index (Phi) is 5.38. The third-order valence-electron chi connectivity index (χ3n) is 2.35. The molecule has 0 aliphatic heterocycles. The molecular weight excluding hydrogens is 245 g/mol. The minimum atomic E-state index is -0.894. The molecule has 1 unspecified atom stereocenters. The molecule has 3 nitrogen and oxygen atoms in total. The lowest BCUT2D eigenvalue weighted by atomic mass is 10.1. The first-order valence-electron chi connectivity index (χ1n) is 5.44. The third kappa shape index (κ3) is 4.71. The summed E-state index contributed by atoms with van der Waals surface area (Å²) in [5.74, 6) is -1.31. The number of carbonyl (C=O) groups is 1. The van der Waals surface area contributed by atoms with Crippen molar-refractivity contribution in [1.29, 1.82) is 0 Å². The molecule has 2 N–H and O–H groups in total. The number of carboxylic acids is 1. The van der Waals surface area contributed by atoms with E-state index >= 15 is 0 Å². The maximum Gasteiger partial charge on any atom is 0.320 e. The number of nitrogens with one attached hydrogen (secondary N) is 1. The molecule has 0 fully saturated rings. The number of aliphatic carboxylic acids is 1. The van der Waals surface area contributed by atoms with Crippen molar-refractivity contribution in [2.75, 3.05) is 0 Å². The Morgan fingerprint density at radius 2 is 2.24 bits per heavy atom. The van der Waals surface area contributed by atoms with E-state index in [1.807, 2.05) is 6.92 Å². The number of benzene rings is 1. The van der Waals surface area contributed by atoms with E-state index in [2.05, 4.69) is 5.32 Å². The molecule has 17 heavy (non-hydrogen) atoms. The summed E-state index contributed by atoms with van der Waals surface area (Å²) in [5, 5.41) is 12.1. The van der Waals surface area contributed by atoms with Crippen LogP contribution in [0.4, 0.5) is 4.39 Å². The van der Waals surface area contributed by atoms with Gasteiger partial charge in [0.1, 0.15) is 11.9 Å². The van der Waals surface area contributed by atoms with Gasteiger partial charge in [-0.1, -0.05) is 24.9 Å². The number of hydrogen-bond donors (Lipinski definition) is 2.